The number of piperidine rings is 1. The summed E-state index contributed by atoms with van der Waals surface area (Å²) in [6.07, 6.45) is 6.18. The first-order valence-corrected chi connectivity index (χ1v) is 10.5. The summed E-state index contributed by atoms with van der Waals surface area (Å²) in [4.78, 5) is 30.1. The first-order chi connectivity index (χ1) is 14.1. The molecule has 0 saturated carbocycles. The van der Waals surface area contributed by atoms with Gasteiger partial charge in [-0.2, -0.15) is 4.98 Å². The van der Waals surface area contributed by atoms with Gasteiger partial charge in [0.25, 0.3) is 0 Å². The topological polar surface area (TPSA) is 96.5 Å². The number of aromatic carboxylic acids is 1. The van der Waals surface area contributed by atoms with Gasteiger partial charge in [-0.25, -0.2) is 4.79 Å². The number of carbonyl (C=O) groups is 2. The highest BCUT2D eigenvalue weighted by molar-refractivity contribution is 5.89. The Morgan fingerprint density at radius 1 is 1.21 bits per heavy atom. The molecule has 0 radical (unpaired) electrons. The van der Waals surface area contributed by atoms with Crippen LogP contribution in [0.1, 0.15) is 66.7 Å². The van der Waals surface area contributed by atoms with Crippen LogP contribution >= 0.6 is 0 Å². The zero-order valence-electron chi connectivity index (χ0n) is 17.0. The zero-order valence-corrected chi connectivity index (χ0v) is 17.0. The predicted molar refractivity (Wildman–Crippen MR) is 108 cm³/mol. The first kappa shape index (κ1) is 21.0. The van der Waals surface area contributed by atoms with Gasteiger partial charge in [0.2, 0.25) is 11.8 Å². The van der Waals surface area contributed by atoms with Gasteiger partial charge in [-0.15, -0.1) is 0 Å². The summed E-state index contributed by atoms with van der Waals surface area (Å²) >= 11 is 0. The van der Waals surface area contributed by atoms with E-state index in [1.807, 2.05) is 17.0 Å². The molecule has 3 rings (SSSR count). The summed E-state index contributed by atoms with van der Waals surface area (Å²) in [5, 5.41) is 13.3. The van der Waals surface area contributed by atoms with Gasteiger partial charge in [0, 0.05) is 32.4 Å². The fraction of sp³-hybridized carbons (Fsp3) is 0.545. The largest absolute Gasteiger partial charge is 0.478 e. The number of nitrogens with zero attached hydrogens (tertiary/aromatic N) is 3. The smallest absolute Gasteiger partial charge is 0.335 e. The standard InChI is InChI=1S/C22H29N3O4/c1-2-6-19-23-20(29-24-19)9-5-10-21(26)25-13-11-16(12-14-25)15-17-7-3-4-8-18(17)22(27)28/h3-4,7-8,16H,2,5-6,9-15H2,1H3,(H,27,28). The second-order valence-electron chi connectivity index (χ2n) is 7.70. The van der Waals surface area contributed by atoms with Crippen molar-refractivity contribution < 1.29 is 19.2 Å². The van der Waals surface area contributed by atoms with Crippen LogP contribution in [0.5, 0.6) is 0 Å². The lowest BCUT2D eigenvalue weighted by molar-refractivity contribution is -0.132. The molecule has 1 N–H and O–H groups in total. The molecule has 2 heterocycles. The van der Waals surface area contributed by atoms with Crippen molar-refractivity contribution in [3.8, 4) is 0 Å². The fourth-order valence-electron chi connectivity index (χ4n) is 3.87. The van der Waals surface area contributed by atoms with Crippen molar-refractivity contribution >= 4 is 11.9 Å². The number of aromatic nitrogens is 2. The molecular weight excluding hydrogens is 370 g/mol. The maximum atomic E-state index is 12.5. The van der Waals surface area contributed by atoms with Crippen molar-refractivity contribution in [2.75, 3.05) is 13.1 Å². The maximum Gasteiger partial charge on any atom is 0.335 e. The molecule has 0 aliphatic carbocycles. The van der Waals surface area contributed by atoms with Gasteiger partial charge in [-0.1, -0.05) is 30.3 Å². The molecule has 7 heteroatoms. The predicted octanol–water partition coefficient (Wildman–Crippen LogP) is 3.52. The summed E-state index contributed by atoms with van der Waals surface area (Å²) in [5.74, 6) is 1.05. The average molecular weight is 399 g/mol. The number of benzene rings is 1. The van der Waals surface area contributed by atoms with E-state index in [-0.39, 0.29) is 5.91 Å². The van der Waals surface area contributed by atoms with Crippen molar-refractivity contribution in [3.05, 3.63) is 47.1 Å². The van der Waals surface area contributed by atoms with Crippen LogP contribution in [-0.2, 0) is 24.1 Å². The van der Waals surface area contributed by atoms with E-state index >= 15 is 0 Å². The van der Waals surface area contributed by atoms with Crippen molar-refractivity contribution in [1.29, 1.82) is 0 Å². The molecule has 0 atom stereocenters. The summed E-state index contributed by atoms with van der Waals surface area (Å²) in [6, 6.07) is 7.19. The van der Waals surface area contributed by atoms with Crippen LogP contribution in [0, 0.1) is 5.92 Å². The quantitative estimate of drug-likeness (QED) is 0.693. The summed E-state index contributed by atoms with van der Waals surface area (Å²) in [5.41, 5.74) is 1.26. The van der Waals surface area contributed by atoms with Crippen LogP contribution < -0.4 is 0 Å². The third-order valence-corrected chi connectivity index (χ3v) is 5.49. The Labute approximate surface area is 171 Å². The van der Waals surface area contributed by atoms with Crippen LogP contribution in [0.3, 0.4) is 0 Å². The number of aryl methyl sites for hydroxylation is 2. The van der Waals surface area contributed by atoms with Gasteiger partial charge in [-0.3, -0.25) is 4.79 Å². The Balaban J connectivity index is 1.40. The van der Waals surface area contributed by atoms with Crippen LogP contribution in [0.4, 0.5) is 0 Å². The van der Waals surface area contributed by atoms with Gasteiger partial charge < -0.3 is 14.5 Å². The van der Waals surface area contributed by atoms with Gasteiger partial charge in [0.1, 0.15) is 0 Å². The number of carboxylic acid groups (broad SMARTS) is 1. The van der Waals surface area contributed by atoms with Crippen molar-refractivity contribution in [2.24, 2.45) is 5.92 Å². The Morgan fingerprint density at radius 2 is 1.97 bits per heavy atom. The van der Waals surface area contributed by atoms with Gasteiger partial charge in [-0.05, 0) is 49.7 Å². The van der Waals surface area contributed by atoms with Gasteiger partial charge >= 0.3 is 5.97 Å². The third kappa shape index (κ3) is 5.89. The van der Waals surface area contributed by atoms with E-state index in [0.717, 1.165) is 56.6 Å². The zero-order chi connectivity index (χ0) is 20.6. The third-order valence-electron chi connectivity index (χ3n) is 5.49. The highest BCUT2D eigenvalue weighted by Gasteiger charge is 2.24. The monoisotopic (exact) mass is 399 g/mol. The van der Waals surface area contributed by atoms with E-state index in [1.54, 1.807) is 12.1 Å². The molecule has 0 bridgehead atoms. The van der Waals surface area contributed by atoms with E-state index in [1.165, 1.54) is 0 Å². The van der Waals surface area contributed by atoms with Crippen LogP contribution in [-0.4, -0.2) is 45.1 Å². The number of carbonyl (C=O) groups excluding carboxylic acids is 1. The molecular formula is C22H29N3O4. The SMILES string of the molecule is CCCc1noc(CCCC(=O)N2CCC(Cc3ccccc3C(=O)O)CC2)n1. The van der Waals surface area contributed by atoms with E-state index in [2.05, 4.69) is 17.1 Å². The summed E-state index contributed by atoms with van der Waals surface area (Å²) in [7, 11) is 0. The molecule has 1 aromatic carbocycles. The molecule has 1 aliphatic rings. The second-order valence-corrected chi connectivity index (χ2v) is 7.70. The summed E-state index contributed by atoms with van der Waals surface area (Å²) < 4.78 is 5.21. The van der Waals surface area contributed by atoms with Gasteiger partial charge in [0.05, 0.1) is 5.56 Å². The van der Waals surface area contributed by atoms with E-state index in [0.29, 0.717) is 36.6 Å². The number of carboxylic acids is 1. The fourth-order valence-corrected chi connectivity index (χ4v) is 3.87. The second kappa shape index (κ2) is 10.2. The Morgan fingerprint density at radius 3 is 2.69 bits per heavy atom. The average Bonchev–Trinajstić information content (AvgIpc) is 3.16. The number of hydrogen-bond acceptors (Lipinski definition) is 5. The number of likely N-dealkylation sites (tertiary alicyclic amines) is 1. The summed E-state index contributed by atoms with van der Waals surface area (Å²) in [6.45, 7) is 3.54. The molecule has 2 aromatic rings. The first-order valence-electron chi connectivity index (χ1n) is 10.5. The lowest BCUT2D eigenvalue weighted by Crippen LogP contribution is -2.38. The van der Waals surface area contributed by atoms with E-state index in [4.69, 9.17) is 4.52 Å². The molecule has 1 amide bonds. The van der Waals surface area contributed by atoms with Crippen molar-refractivity contribution in [1.82, 2.24) is 15.0 Å². The van der Waals surface area contributed by atoms with Crippen molar-refractivity contribution in [3.63, 3.8) is 0 Å². The Kier molecular flexibility index (Phi) is 7.38. The van der Waals surface area contributed by atoms with Crippen LogP contribution in [0.2, 0.25) is 0 Å². The highest BCUT2D eigenvalue weighted by atomic mass is 16.5. The molecule has 1 saturated heterocycles. The minimum absolute atomic E-state index is 0.169. The van der Waals surface area contributed by atoms with Crippen LogP contribution in [0.15, 0.2) is 28.8 Å². The molecule has 29 heavy (non-hydrogen) atoms. The normalized spacial score (nSPS) is 14.9. The number of amides is 1. The van der Waals surface area contributed by atoms with Gasteiger partial charge in [0.15, 0.2) is 5.82 Å². The van der Waals surface area contributed by atoms with E-state index in [9.17, 15) is 14.7 Å². The lowest BCUT2D eigenvalue weighted by atomic mass is 9.88. The minimum atomic E-state index is -0.878. The molecule has 1 aliphatic heterocycles. The molecule has 156 valence electrons. The van der Waals surface area contributed by atoms with Crippen LogP contribution in [0.25, 0.3) is 0 Å². The molecule has 1 fully saturated rings. The Hall–Kier alpha value is -2.70. The molecule has 7 nitrogen and oxygen atoms in total. The minimum Gasteiger partial charge on any atom is -0.478 e. The lowest BCUT2D eigenvalue weighted by Gasteiger charge is -2.32. The highest BCUT2D eigenvalue weighted by Crippen LogP contribution is 2.24. The number of rotatable bonds is 9. The number of hydrogen-bond donors (Lipinski definition) is 1. The van der Waals surface area contributed by atoms with Crippen molar-refractivity contribution in [2.45, 2.75) is 58.3 Å². The molecule has 1 aromatic heterocycles. The molecule has 0 spiro atoms. The Bertz CT molecular complexity index is 825. The van der Waals surface area contributed by atoms with E-state index < -0.39 is 5.97 Å². The molecule has 0 unspecified atom stereocenters. The maximum absolute atomic E-state index is 12.5.